The first-order valence-corrected chi connectivity index (χ1v) is 2.30. The van der Waals surface area contributed by atoms with E-state index in [1.54, 1.807) is 0 Å². The number of carbonyl (C=O) groups is 1. The number of hydrogen-bond donors (Lipinski definition) is 1. The normalized spacial score (nSPS) is 12.1. The van der Waals surface area contributed by atoms with Gasteiger partial charge < -0.3 is 5.11 Å². The van der Waals surface area contributed by atoms with Crippen molar-refractivity contribution in [3.8, 4) is 0 Å². The lowest BCUT2D eigenvalue weighted by Crippen LogP contribution is -2.48. The SMILES string of the molecule is I.O=C(O)C(F)(F)C(F)(F)CF. The van der Waals surface area contributed by atoms with Crippen LogP contribution in [0.2, 0.25) is 0 Å². The van der Waals surface area contributed by atoms with Gasteiger partial charge in [0.2, 0.25) is 0 Å². The van der Waals surface area contributed by atoms with Gasteiger partial charge in [-0.3, -0.25) is 0 Å². The van der Waals surface area contributed by atoms with Crippen LogP contribution >= 0.6 is 24.0 Å². The predicted octanol–water partition coefficient (Wildman–Crippen LogP) is 1.93. The van der Waals surface area contributed by atoms with Crippen molar-refractivity contribution in [2.24, 2.45) is 0 Å². The molecule has 0 bridgehead atoms. The average Bonchev–Trinajstić information content (AvgIpc) is 1.87. The van der Waals surface area contributed by atoms with E-state index in [4.69, 9.17) is 5.11 Å². The molecule has 74 valence electrons. The van der Waals surface area contributed by atoms with Gasteiger partial charge in [-0.25, -0.2) is 9.18 Å². The zero-order valence-corrected chi connectivity index (χ0v) is 7.69. The fourth-order valence-electron chi connectivity index (χ4n) is 0.240. The Balaban J connectivity index is 0. The van der Waals surface area contributed by atoms with Gasteiger partial charge >= 0.3 is 17.8 Å². The number of hydrogen-bond acceptors (Lipinski definition) is 1. The van der Waals surface area contributed by atoms with E-state index in [1.807, 2.05) is 0 Å². The van der Waals surface area contributed by atoms with Gasteiger partial charge in [-0.05, 0) is 0 Å². The second-order valence-electron chi connectivity index (χ2n) is 1.72. The first kappa shape index (κ1) is 14.4. The molecule has 2 nitrogen and oxygen atoms in total. The number of aliphatic carboxylic acids is 1. The molecule has 0 aromatic rings. The van der Waals surface area contributed by atoms with Crippen LogP contribution in [0.25, 0.3) is 0 Å². The first-order valence-electron chi connectivity index (χ1n) is 2.30. The second-order valence-corrected chi connectivity index (χ2v) is 1.72. The highest BCUT2D eigenvalue weighted by molar-refractivity contribution is 14.0. The Hall–Kier alpha value is -0.150. The Bertz CT molecular complexity index is 171. The van der Waals surface area contributed by atoms with Gasteiger partial charge in [-0.1, -0.05) is 0 Å². The number of halogens is 6. The van der Waals surface area contributed by atoms with Gasteiger partial charge in [-0.15, -0.1) is 24.0 Å². The van der Waals surface area contributed by atoms with E-state index in [1.165, 1.54) is 0 Å². The topological polar surface area (TPSA) is 37.3 Å². The van der Waals surface area contributed by atoms with E-state index in [0.717, 1.165) is 0 Å². The van der Waals surface area contributed by atoms with E-state index < -0.39 is 24.5 Å². The van der Waals surface area contributed by atoms with Crippen LogP contribution in [-0.4, -0.2) is 29.6 Å². The van der Waals surface area contributed by atoms with Gasteiger partial charge in [0, 0.05) is 0 Å². The highest BCUT2D eigenvalue weighted by atomic mass is 127. The van der Waals surface area contributed by atoms with Crippen LogP contribution in [0.4, 0.5) is 22.0 Å². The van der Waals surface area contributed by atoms with E-state index in [-0.39, 0.29) is 24.0 Å². The molecule has 0 unspecified atom stereocenters. The van der Waals surface area contributed by atoms with Gasteiger partial charge in [-0.2, -0.15) is 17.6 Å². The molecule has 0 aromatic carbocycles. The Morgan fingerprint density at radius 2 is 1.58 bits per heavy atom. The molecule has 0 amide bonds. The van der Waals surface area contributed by atoms with Crippen molar-refractivity contribution in [1.29, 1.82) is 0 Å². The van der Waals surface area contributed by atoms with Crippen molar-refractivity contribution in [2.75, 3.05) is 6.67 Å². The molecule has 0 saturated carbocycles. The van der Waals surface area contributed by atoms with E-state index in [2.05, 4.69) is 0 Å². The van der Waals surface area contributed by atoms with E-state index in [9.17, 15) is 26.7 Å². The molecule has 0 rings (SSSR count). The number of carboxylic acids is 1. The third kappa shape index (κ3) is 2.42. The molecule has 12 heavy (non-hydrogen) atoms. The summed E-state index contributed by atoms with van der Waals surface area (Å²) in [6.07, 6.45) is 0. The maximum Gasteiger partial charge on any atom is 0.406 e. The summed E-state index contributed by atoms with van der Waals surface area (Å²) in [7, 11) is 0. The van der Waals surface area contributed by atoms with Gasteiger partial charge in [0.05, 0.1) is 0 Å². The summed E-state index contributed by atoms with van der Waals surface area (Å²) in [5, 5.41) is 7.51. The predicted molar refractivity (Wildman–Crippen MR) is 38.9 cm³/mol. The van der Waals surface area contributed by atoms with Crippen molar-refractivity contribution >= 4 is 29.9 Å². The highest BCUT2D eigenvalue weighted by Crippen LogP contribution is 2.34. The number of alkyl halides is 5. The smallest absolute Gasteiger partial charge is 0.406 e. The molecule has 0 heterocycles. The lowest BCUT2D eigenvalue weighted by molar-refractivity contribution is -0.227. The largest absolute Gasteiger partial charge is 0.477 e. The van der Waals surface area contributed by atoms with Crippen LogP contribution in [0, 0.1) is 0 Å². The van der Waals surface area contributed by atoms with Crippen molar-refractivity contribution in [3.63, 3.8) is 0 Å². The second kappa shape index (κ2) is 4.19. The summed E-state index contributed by atoms with van der Waals surface area (Å²) in [6, 6.07) is 0. The van der Waals surface area contributed by atoms with Crippen LogP contribution < -0.4 is 0 Å². The lowest BCUT2D eigenvalue weighted by atomic mass is 10.2. The molecular weight excluding hydrogens is 302 g/mol. The van der Waals surface area contributed by atoms with Crippen molar-refractivity contribution < 1.29 is 31.9 Å². The van der Waals surface area contributed by atoms with Crippen LogP contribution in [0.1, 0.15) is 0 Å². The molecule has 0 radical (unpaired) electrons. The van der Waals surface area contributed by atoms with Gasteiger partial charge in [0.15, 0.2) is 6.67 Å². The van der Waals surface area contributed by atoms with Crippen LogP contribution in [-0.2, 0) is 4.79 Å². The minimum absolute atomic E-state index is 0. The zero-order chi connectivity index (χ0) is 9.28. The summed E-state index contributed by atoms with van der Waals surface area (Å²) in [6.45, 7) is -2.70. The molecule has 0 fully saturated rings. The van der Waals surface area contributed by atoms with Gasteiger partial charge in [0.1, 0.15) is 0 Å². The molecule has 0 aliphatic rings. The van der Waals surface area contributed by atoms with E-state index in [0.29, 0.717) is 0 Å². The average molecular weight is 306 g/mol. The molecule has 0 aromatic heterocycles. The molecule has 0 atom stereocenters. The zero-order valence-electron chi connectivity index (χ0n) is 5.36. The van der Waals surface area contributed by atoms with Crippen LogP contribution in [0.5, 0.6) is 0 Å². The summed E-state index contributed by atoms with van der Waals surface area (Å²) in [5.41, 5.74) is 0. The summed E-state index contributed by atoms with van der Waals surface area (Å²) >= 11 is 0. The summed E-state index contributed by atoms with van der Waals surface area (Å²) < 4.78 is 58.0. The molecule has 0 aliphatic heterocycles. The molecular formula is C4H4F5IO2. The molecule has 0 saturated heterocycles. The van der Waals surface area contributed by atoms with Crippen LogP contribution in [0.15, 0.2) is 0 Å². The first-order chi connectivity index (χ1) is 4.75. The Kier molecular flexibility index (Phi) is 5.02. The fraction of sp³-hybridized carbons (Fsp3) is 0.750. The number of rotatable bonds is 3. The minimum atomic E-state index is -5.35. The molecule has 0 spiro atoms. The Morgan fingerprint density at radius 3 is 1.67 bits per heavy atom. The minimum Gasteiger partial charge on any atom is -0.477 e. The fourth-order valence-corrected chi connectivity index (χ4v) is 0.240. The van der Waals surface area contributed by atoms with Crippen LogP contribution in [0.3, 0.4) is 0 Å². The summed E-state index contributed by atoms with van der Waals surface area (Å²) in [4.78, 5) is 9.43. The third-order valence-electron chi connectivity index (χ3n) is 0.896. The monoisotopic (exact) mass is 306 g/mol. The maximum absolute atomic E-state index is 11.7. The number of carboxylic acid groups (broad SMARTS) is 1. The van der Waals surface area contributed by atoms with Crippen molar-refractivity contribution in [2.45, 2.75) is 11.8 Å². The Labute approximate surface area is 80.8 Å². The molecule has 0 aliphatic carbocycles. The quantitative estimate of drug-likeness (QED) is 0.639. The molecule has 8 heteroatoms. The van der Waals surface area contributed by atoms with Gasteiger partial charge in [0.25, 0.3) is 0 Å². The van der Waals surface area contributed by atoms with Crippen molar-refractivity contribution in [1.82, 2.24) is 0 Å². The highest BCUT2D eigenvalue weighted by Gasteiger charge is 2.62. The lowest BCUT2D eigenvalue weighted by Gasteiger charge is -2.19. The maximum atomic E-state index is 11.7. The molecule has 1 N–H and O–H groups in total. The van der Waals surface area contributed by atoms with Crippen molar-refractivity contribution in [3.05, 3.63) is 0 Å². The van der Waals surface area contributed by atoms with E-state index >= 15 is 0 Å². The Morgan fingerprint density at radius 1 is 1.25 bits per heavy atom. The third-order valence-corrected chi connectivity index (χ3v) is 0.896. The standard InChI is InChI=1S/C4H3F5O2.HI/c5-1-3(6,7)4(8,9)2(10)11;/h1H2,(H,10,11);1H. The summed E-state index contributed by atoms with van der Waals surface area (Å²) in [5.74, 6) is -13.5.